The molecule has 34 heteroatoms. The Bertz CT molecular complexity index is 4220. The van der Waals surface area contributed by atoms with Gasteiger partial charge in [-0.1, -0.05) is 95.0 Å². The summed E-state index contributed by atoms with van der Waals surface area (Å²) in [4.78, 5) is 100. The number of fused-ring (bicyclic) bond motifs is 2. The molecule has 5 aromatic heterocycles. The van der Waals surface area contributed by atoms with Crippen LogP contribution in [0.25, 0.3) is 22.1 Å². The quantitative estimate of drug-likeness (QED) is 0.0174. The lowest BCUT2D eigenvalue weighted by Crippen LogP contribution is -2.48. The van der Waals surface area contributed by atoms with Crippen molar-refractivity contribution in [2.75, 3.05) is 200 Å². The molecule has 7 aromatic rings. The van der Waals surface area contributed by atoms with E-state index in [1.807, 2.05) is 21.9 Å². The van der Waals surface area contributed by atoms with Crippen LogP contribution in [0.4, 0.5) is 23.5 Å². The van der Waals surface area contributed by atoms with Crippen molar-refractivity contribution in [3.63, 3.8) is 0 Å². The van der Waals surface area contributed by atoms with E-state index in [-0.39, 0.29) is 66.7 Å². The number of anilines is 4. The van der Waals surface area contributed by atoms with Gasteiger partial charge in [-0.25, -0.2) is 14.6 Å². The van der Waals surface area contributed by atoms with Gasteiger partial charge in [-0.2, -0.15) is 9.97 Å². The number of benzene rings is 2. The molecular formula is C83H125N19O15. The van der Waals surface area contributed by atoms with Crippen molar-refractivity contribution in [1.82, 2.24) is 73.9 Å². The van der Waals surface area contributed by atoms with E-state index >= 15 is 0 Å². The molecule has 3 aliphatic heterocycles. The molecule has 3 fully saturated rings. The van der Waals surface area contributed by atoms with Crippen LogP contribution in [0.3, 0.4) is 0 Å². The maximum Gasteiger partial charge on any atom is 0.304 e. The molecule has 5 amide bonds. The molecule has 0 bridgehead atoms. The number of piperazine rings is 2. The van der Waals surface area contributed by atoms with Crippen LogP contribution in [0.15, 0.2) is 67.1 Å². The molecule has 117 heavy (non-hydrogen) atoms. The van der Waals surface area contributed by atoms with Crippen molar-refractivity contribution in [2.24, 2.45) is 11.8 Å². The van der Waals surface area contributed by atoms with Crippen LogP contribution in [0.1, 0.15) is 131 Å². The third-order valence-corrected chi connectivity index (χ3v) is 20.6. The lowest BCUT2D eigenvalue weighted by atomic mass is 10.0. The van der Waals surface area contributed by atoms with Crippen molar-refractivity contribution in [1.29, 1.82) is 0 Å². The Hall–Kier alpha value is -9.36. The van der Waals surface area contributed by atoms with Crippen LogP contribution >= 0.6 is 0 Å². The third-order valence-electron chi connectivity index (χ3n) is 20.6. The molecular weight excluding hydrogens is 1500 g/mol. The molecule has 2 unspecified atom stereocenters. The number of carboxylic acid groups (broad SMARTS) is 1. The zero-order valence-corrected chi connectivity index (χ0v) is 69.5. The monoisotopic (exact) mass is 1630 g/mol. The van der Waals surface area contributed by atoms with Crippen molar-refractivity contribution < 1.29 is 71.8 Å². The van der Waals surface area contributed by atoms with E-state index in [1.165, 1.54) is 51.1 Å². The van der Waals surface area contributed by atoms with E-state index in [1.54, 1.807) is 24.7 Å². The SMILES string of the molecule is CCCCCNc1nc(N)nc2ccn(Cc3ccc(CN4CCN(C(=O)CCOCCOCCOCCOCCOCCOCCNC(=O)C(C)CC(=O)O)CC4)cc3C)c12.CCCCCNc1nc(N)nc2ccn(Cc3ccc(CN4CCN(C(=O)CCOCCOCCn5cc(CN6C(=O)CC(C)C6=O)nn5)CC4)cc3C)c12. The summed E-state index contributed by atoms with van der Waals surface area (Å²) in [5.41, 5.74) is 23.7. The molecule has 10 rings (SSSR count). The summed E-state index contributed by atoms with van der Waals surface area (Å²) < 4.78 is 50.4. The number of aromatic nitrogens is 9. The fourth-order valence-corrected chi connectivity index (χ4v) is 14.0. The maximum atomic E-state index is 12.8. The van der Waals surface area contributed by atoms with Crippen molar-refractivity contribution in [2.45, 2.75) is 145 Å². The number of nitrogen functional groups attached to an aromatic ring is 2. The predicted molar refractivity (Wildman–Crippen MR) is 444 cm³/mol. The molecule has 0 radical (unpaired) electrons. The van der Waals surface area contributed by atoms with Crippen LogP contribution in [-0.4, -0.2) is 287 Å². The number of nitrogens with one attached hydrogen (secondary N) is 3. The zero-order chi connectivity index (χ0) is 83.1. The van der Waals surface area contributed by atoms with Gasteiger partial charge in [0.2, 0.25) is 41.4 Å². The first-order chi connectivity index (χ1) is 56.8. The summed E-state index contributed by atoms with van der Waals surface area (Å²) in [5.74, 6) is -0.155. The number of carbonyl (C=O) groups excluding carboxylic acids is 5. The highest BCUT2D eigenvalue weighted by Crippen LogP contribution is 2.28. The van der Waals surface area contributed by atoms with Gasteiger partial charge in [0.05, 0.1) is 155 Å². The van der Waals surface area contributed by atoms with Gasteiger partial charge in [0.15, 0.2) is 11.6 Å². The lowest BCUT2D eigenvalue weighted by Gasteiger charge is -2.35. The second-order valence-corrected chi connectivity index (χ2v) is 29.9. The molecule has 3 saturated heterocycles. The van der Waals surface area contributed by atoms with E-state index in [0.717, 1.165) is 112 Å². The summed E-state index contributed by atoms with van der Waals surface area (Å²) in [6.45, 7) is 30.4. The molecule has 0 saturated carbocycles. The minimum absolute atomic E-state index is 0.111. The number of hydrogen-bond donors (Lipinski definition) is 6. The summed E-state index contributed by atoms with van der Waals surface area (Å²) >= 11 is 0. The Balaban J connectivity index is 0.000000269. The topological polar surface area (TPSA) is 393 Å². The number of aryl methyl sites for hydroxylation is 2. The number of rotatable bonds is 53. The summed E-state index contributed by atoms with van der Waals surface area (Å²) in [7, 11) is 0. The van der Waals surface area contributed by atoms with E-state index in [0.29, 0.717) is 177 Å². The Morgan fingerprint density at radius 2 is 0.974 bits per heavy atom. The number of nitrogens with zero attached hydrogens (tertiary/aromatic N) is 14. The largest absolute Gasteiger partial charge is 0.481 e. The standard InChI is InChI=1S/C44H70N8O10.C39H55N11O5/c1-4-5-6-11-46-42-41-38(48-44(45)49-42)9-13-52(41)33-37-8-7-36(30-34(37)2)32-50-14-16-51(17-15-50)39(53)10-18-57-20-22-59-24-26-61-28-29-62-27-25-60-23-21-58-19-12-47-43(56)35(3)31-40(54)55;1-4-5-6-11-41-37-36-33(42-39(40)43-37)9-12-48(36)25-31-8-7-30(22-28(31)2)24-46-13-15-47(16-14-46)34(51)10-18-54-20-21-55-19-17-49-26-32(44-45-49)27-50-35(52)23-29(3)38(50)53/h7-9,13,30,35H,4-6,10-12,14-29,31-33H2,1-3H3,(H,47,56)(H,54,55)(H3,45,46,48,49);7-9,12,22,26,29H,4-6,10-11,13-21,23-25,27H2,1-3H3,(H3,40,41,42,43). The molecule has 2 atom stereocenters. The summed E-state index contributed by atoms with van der Waals surface area (Å²) in [6, 6.07) is 17.4. The predicted octanol–water partition coefficient (Wildman–Crippen LogP) is 6.56. The molecule has 0 spiro atoms. The smallest absolute Gasteiger partial charge is 0.304 e. The molecule has 3 aliphatic rings. The Morgan fingerprint density at radius 1 is 0.538 bits per heavy atom. The molecule has 0 aliphatic carbocycles. The van der Waals surface area contributed by atoms with Gasteiger partial charge in [0.1, 0.15) is 16.7 Å². The fourth-order valence-electron chi connectivity index (χ4n) is 14.0. The number of unbranched alkanes of at least 4 members (excludes halogenated alkanes) is 4. The molecule has 642 valence electrons. The molecule has 34 nitrogen and oxygen atoms in total. The van der Waals surface area contributed by atoms with Gasteiger partial charge in [-0.05, 0) is 72.2 Å². The number of likely N-dealkylation sites (tertiary alicyclic amines) is 1. The second-order valence-electron chi connectivity index (χ2n) is 29.9. The number of carbonyl (C=O) groups is 6. The van der Waals surface area contributed by atoms with Crippen LogP contribution < -0.4 is 27.4 Å². The van der Waals surface area contributed by atoms with Crippen LogP contribution in [0.2, 0.25) is 0 Å². The Labute approximate surface area is 686 Å². The van der Waals surface area contributed by atoms with Gasteiger partial charge in [0.25, 0.3) is 0 Å². The van der Waals surface area contributed by atoms with Gasteiger partial charge in [0, 0.05) is 129 Å². The summed E-state index contributed by atoms with van der Waals surface area (Å²) in [6.07, 6.45) is 13.4. The van der Waals surface area contributed by atoms with Gasteiger partial charge in [-0.3, -0.25) is 43.5 Å². The minimum Gasteiger partial charge on any atom is -0.481 e. The normalized spacial score (nSPS) is 15.1. The first-order valence-electron chi connectivity index (χ1n) is 41.6. The van der Waals surface area contributed by atoms with Gasteiger partial charge >= 0.3 is 5.97 Å². The van der Waals surface area contributed by atoms with Crippen molar-refractivity contribution in [3.8, 4) is 0 Å². The van der Waals surface area contributed by atoms with Crippen LogP contribution in [0.5, 0.6) is 0 Å². The van der Waals surface area contributed by atoms with Crippen LogP contribution in [0, 0.1) is 25.7 Å². The van der Waals surface area contributed by atoms with Gasteiger partial charge in [-0.15, -0.1) is 5.10 Å². The Kier molecular flexibility index (Phi) is 38.9. The number of ether oxygens (including phenoxy) is 8. The van der Waals surface area contributed by atoms with Crippen molar-refractivity contribution in [3.05, 3.63) is 106 Å². The highest BCUT2D eigenvalue weighted by Gasteiger charge is 2.36. The zero-order valence-electron chi connectivity index (χ0n) is 69.5. The maximum absolute atomic E-state index is 12.8. The van der Waals surface area contributed by atoms with Crippen LogP contribution in [-0.2, 0) is 106 Å². The summed E-state index contributed by atoms with van der Waals surface area (Å²) in [5, 5.41) is 26.5. The first-order valence-corrected chi connectivity index (χ1v) is 41.6. The number of imide groups is 1. The average Bonchev–Trinajstić information content (AvgIpc) is 1.66. The average molecular weight is 1630 g/mol. The molecule has 8 N–H and O–H groups in total. The number of nitrogens with two attached hydrogens (primary N) is 2. The molecule has 8 heterocycles. The van der Waals surface area contributed by atoms with Gasteiger partial charge < -0.3 is 89.4 Å². The molecule has 2 aromatic carbocycles. The lowest BCUT2D eigenvalue weighted by molar-refractivity contribution is -0.141. The number of amides is 5. The van der Waals surface area contributed by atoms with E-state index in [9.17, 15) is 28.8 Å². The number of aliphatic carboxylic acids is 1. The highest BCUT2D eigenvalue weighted by molar-refractivity contribution is 6.03. The highest BCUT2D eigenvalue weighted by atomic mass is 16.6. The third kappa shape index (κ3) is 30.8. The second kappa shape index (κ2) is 49.8. The minimum atomic E-state index is -1.00. The van der Waals surface area contributed by atoms with E-state index < -0.39 is 11.9 Å². The number of hydrogen-bond acceptors (Lipinski definition) is 26. The van der Waals surface area contributed by atoms with E-state index in [4.69, 9.17) is 54.5 Å². The Morgan fingerprint density at radius 3 is 1.39 bits per heavy atom. The van der Waals surface area contributed by atoms with E-state index in [2.05, 4.69) is 142 Å². The van der Waals surface area contributed by atoms with Crippen molar-refractivity contribution >= 4 is 81.1 Å². The number of carboxylic acids is 1. The fraction of sp³-hybridized carbons (Fsp3) is 0.614. The first kappa shape index (κ1) is 91.5.